The van der Waals surface area contributed by atoms with Gasteiger partial charge in [-0.15, -0.1) is 5.26 Å². The number of rotatable bonds is 3. The molecule has 0 aromatic heterocycles. The summed E-state index contributed by atoms with van der Waals surface area (Å²) < 4.78 is 13.6. The van der Waals surface area contributed by atoms with Gasteiger partial charge in [-0.2, -0.15) is 0 Å². The highest BCUT2D eigenvalue weighted by Crippen LogP contribution is 2.19. The zero-order valence-electron chi connectivity index (χ0n) is 9.22. The second-order valence-corrected chi connectivity index (χ2v) is 2.88. The zero-order valence-corrected chi connectivity index (χ0v) is 9.22. The third-order valence-corrected chi connectivity index (χ3v) is 1.97. The topological polar surface area (TPSA) is 85.6 Å². The molecular weight excluding hydrogens is 226 g/mol. The molecule has 0 aliphatic rings. The van der Waals surface area contributed by atoms with Gasteiger partial charge in [0.05, 0.1) is 25.3 Å². The van der Waals surface area contributed by atoms with Crippen molar-refractivity contribution in [2.75, 3.05) is 14.2 Å². The van der Waals surface area contributed by atoms with E-state index in [0.717, 1.165) is 0 Å². The Morgan fingerprint density at radius 2 is 1.71 bits per heavy atom. The number of hydrogen-bond acceptors (Lipinski definition) is 6. The van der Waals surface area contributed by atoms with Crippen LogP contribution >= 0.6 is 0 Å². The minimum atomic E-state index is -0.714. The average Bonchev–Trinajstić information content (AvgIpc) is 2.37. The van der Waals surface area contributed by atoms with Crippen molar-refractivity contribution in [3.8, 4) is 12.0 Å². The van der Waals surface area contributed by atoms with Gasteiger partial charge in [0, 0.05) is 0 Å². The van der Waals surface area contributed by atoms with E-state index >= 15 is 0 Å². The molecule has 1 rings (SSSR count). The van der Waals surface area contributed by atoms with Crippen LogP contribution < -0.4 is 4.74 Å². The maximum Gasteiger partial charge on any atom is 0.338 e. The lowest BCUT2D eigenvalue weighted by Crippen LogP contribution is -2.11. The van der Waals surface area contributed by atoms with Gasteiger partial charge in [0.1, 0.15) is 5.75 Å². The summed E-state index contributed by atoms with van der Waals surface area (Å²) in [6.07, 6.45) is 1.46. The van der Waals surface area contributed by atoms with E-state index in [2.05, 4.69) is 14.2 Å². The summed E-state index contributed by atoms with van der Waals surface area (Å²) >= 11 is 0. The predicted molar refractivity (Wildman–Crippen MR) is 55.4 cm³/mol. The van der Waals surface area contributed by atoms with Crippen molar-refractivity contribution >= 4 is 11.9 Å². The van der Waals surface area contributed by atoms with Crippen LogP contribution in [0.3, 0.4) is 0 Å². The zero-order chi connectivity index (χ0) is 12.8. The molecule has 0 aliphatic carbocycles. The van der Waals surface area contributed by atoms with Crippen molar-refractivity contribution < 1.29 is 23.8 Å². The van der Waals surface area contributed by atoms with Crippen LogP contribution in [0.5, 0.6) is 5.75 Å². The van der Waals surface area contributed by atoms with Crippen LogP contribution in [0.25, 0.3) is 0 Å². The molecular formula is C11H9NO5. The molecule has 88 valence electrons. The van der Waals surface area contributed by atoms with Crippen molar-refractivity contribution in [1.29, 1.82) is 5.26 Å². The fraction of sp³-hybridized carbons (Fsp3) is 0.182. The lowest BCUT2D eigenvalue weighted by molar-refractivity contribution is 0.0555. The largest absolute Gasteiger partial charge is 0.465 e. The van der Waals surface area contributed by atoms with Crippen LogP contribution in [0.1, 0.15) is 20.7 Å². The molecule has 0 atom stereocenters. The molecule has 6 heteroatoms. The van der Waals surface area contributed by atoms with Crippen LogP contribution in [0.15, 0.2) is 18.2 Å². The van der Waals surface area contributed by atoms with Crippen molar-refractivity contribution in [3.63, 3.8) is 0 Å². The number of methoxy groups -OCH3 is 2. The van der Waals surface area contributed by atoms with Crippen molar-refractivity contribution in [2.24, 2.45) is 0 Å². The number of ether oxygens (including phenoxy) is 3. The molecule has 0 aliphatic heterocycles. The molecule has 0 saturated carbocycles. The third-order valence-electron chi connectivity index (χ3n) is 1.97. The third kappa shape index (κ3) is 2.72. The molecule has 0 fully saturated rings. The number of carbonyl (C=O) groups is 2. The van der Waals surface area contributed by atoms with E-state index in [-0.39, 0.29) is 16.9 Å². The normalized spacial score (nSPS) is 9.00. The second-order valence-electron chi connectivity index (χ2n) is 2.88. The van der Waals surface area contributed by atoms with Gasteiger partial charge >= 0.3 is 11.9 Å². The summed E-state index contributed by atoms with van der Waals surface area (Å²) in [5.74, 6) is -1.25. The first-order chi connectivity index (χ1) is 8.13. The maximum absolute atomic E-state index is 11.4. The Hall–Kier alpha value is -2.55. The minimum Gasteiger partial charge on any atom is -0.465 e. The first kappa shape index (κ1) is 12.5. The molecule has 0 saturated heterocycles. The number of carbonyl (C=O) groups excluding carboxylic acids is 2. The molecule has 0 N–H and O–H groups in total. The van der Waals surface area contributed by atoms with Gasteiger partial charge in [-0.25, -0.2) is 9.59 Å². The molecule has 0 heterocycles. The van der Waals surface area contributed by atoms with Crippen molar-refractivity contribution in [1.82, 2.24) is 0 Å². The highest BCUT2D eigenvalue weighted by Gasteiger charge is 2.19. The van der Waals surface area contributed by atoms with Crippen LogP contribution in [0.2, 0.25) is 0 Å². The van der Waals surface area contributed by atoms with Crippen LogP contribution in [0, 0.1) is 11.5 Å². The summed E-state index contributed by atoms with van der Waals surface area (Å²) in [6.45, 7) is 0. The molecule has 6 nitrogen and oxygen atoms in total. The maximum atomic E-state index is 11.4. The Labute approximate surface area is 97.3 Å². The summed E-state index contributed by atoms with van der Waals surface area (Å²) in [5, 5.41) is 8.35. The quantitative estimate of drug-likeness (QED) is 0.576. The van der Waals surface area contributed by atoms with Gasteiger partial charge in [-0.3, -0.25) is 0 Å². The Kier molecular flexibility index (Phi) is 4.06. The van der Waals surface area contributed by atoms with Gasteiger partial charge in [0.15, 0.2) is 0 Å². The van der Waals surface area contributed by atoms with E-state index in [9.17, 15) is 9.59 Å². The van der Waals surface area contributed by atoms with E-state index in [1.165, 1.54) is 38.7 Å². The Balaban J connectivity index is 3.27. The summed E-state index contributed by atoms with van der Waals surface area (Å²) in [6, 6.07) is 3.94. The van der Waals surface area contributed by atoms with Crippen molar-refractivity contribution in [2.45, 2.75) is 0 Å². The fourth-order valence-electron chi connectivity index (χ4n) is 1.21. The molecule has 0 spiro atoms. The molecule has 1 aromatic carbocycles. The van der Waals surface area contributed by atoms with Crippen LogP contribution in [-0.2, 0) is 9.47 Å². The van der Waals surface area contributed by atoms with Gasteiger partial charge in [0.25, 0.3) is 6.26 Å². The SMILES string of the molecule is COC(=O)c1ccc(OC#N)cc1C(=O)OC. The molecule has 17 heavy (non-hydrogen) atoms. The first-order valence-corrected chi connectivity index (χ1v) is 4.50. The van der Waals surface area contributed by atoms with Crippen LogP contribution in [0.4, 0.5) is 0 Å². The van der Waals surface area contributed by atoms with E-state index in [4.69, 9.17) is 5.26 Å². The molecule has 0 amide bonds. The number of benzene rings is 1. The Morgan fingerprint density at radius 1 is 1.12 bits per heavy atom. The second kappa shape index (κ2) is 5.51. The standard InChI is InChI=1S/C11H9NO5/c1-15-10(13)8-4-3-7(17-6-12)5-9(8)11(14)16-2/h3-5H,1-2H3. The van der Waals surface area contributed by atoms with Gasteiger partial charge in [0.2, 0.25) is 0 Å². The van der Waals surface area contributed by atoms with Crippen LogP contribution in [-0.4, -0.2) is 26.2 Å². The number of esters is 2. The Morgan fingerprint density at radius 3 is 2.24 bits per heavy atom. The first-order valence-electron chi connectivity index (χ1n) is 4.50. The van der Waals surface area contributed by atoms with E-state index < -0.39 is 11.9 Å². The number of nitriles is 1. The molecule has 1 aromatic rings. The summed E-state index contributed by atoms with van der Waals surface area (Å²) in [4.78, 5) is 22.8. The van der Waals surface area contributed by atoms with Gasteiger partial charge in [-0.1, -0.05) is 0 Å². The Bertz CT molecular complexity index is 489. The average molecular weight is 235 g/mol. The smallest absolute Gasteiger partial charge is 0.338 e. The molecule has 0 bridgehead atoms. The summed E-state index contributed by atoms with van der Waals surface area (Å²) in [5.41, 5.74) is 0.0248. The molecule has 0 radical (unpaired) electrons. The van der Waals surface area contributed by atoms with Crippen molar-refractivity contribution in [3.05, 3.63) is 29.3 Å². The monoisotopic (exact) mass is 235 g/mol. The number of hydrogen-bond donors (Lipinski definition) is 0. The van der Waals surface area contributed by atoms with Gasteiger partial charge < -0.3 is 14.2 Å². The highest BCUT2D eigenvalue weighted by atomic mass is 16.5. The lowest BCUT2D eigenvalue weighted by atomic mass is 10.1. The van der Waals surface area contributed by atoms with E-state index in [0.29, 0.717) is 0 Å². The summed E-state index contributed by atoms with van der Waals surface area (Å²) in [7, 11) is 2.38. The van der Waals surface area contributed by atoms with E-state index in [1.54, 1.807) is 0 Å². The lowest BCUT2D eigenvalue weighted by Gasteiger charge is -2.07. The van der Waals surface area contributed by atoms with E-state index in [1.807, 2.05) is 0 Å². The van der Waals surface area contributed by atoms with Gasteiger partial charge in [-0.05, 0) is 18.2 Å². The predicted octanol–water partition coefficient (Wildman–Crippen LogP) is 1.12. The minimum absolute atomic E-state index is 0.0212. The highest BCUT2D eigenvalue weighted by molar-refractivity contribution is 6.03. The number of nitrogens with zero attached hydrogens (tertiary/aromatic N) is 1. The fourth-order valence-corrected chi connectivity index (χ4v) is 1.21. The molecule has 0 unspecified atom stereocenters.